The van der Waals surface area contributed by atoms with Crippen LogP contribution in [0.25, 0.3) is 0 Å². The van der Waals surface area contributed by atoms with Gasteiger partial charge in [-0.2, -0.15) is 4.31 Å². The van der Waals surface area contributed by atoms with E-state index >= 15 is 0 Å². The molecule has 0 bridgehead atoms. The van der Waals surface area contributed by atoms with Crippen molar-refractivity contribution in [3.05, 3.63) is 46.6 Å². The summed E-state index contributed by atoms with van der Waals surface area (Å²) in [5.41, 5.74) is 0. The zero-order valence-corrected chi connectivity index (χ0v) is 15.2. The minimum absolute atomic E-state index is 0.211. The molecule has 1 aromatic heterocycles. The number of rotatable bonds is 5. The van der Waals surface area contributed by atoms with Crippen LogP contribution in [0, 0.1) is 11.7 Å². The molecule has 0 amide bonds. The van der Waals surface area contributed by atoms with Crippen LogP contribution in [0.4, 0.5) is 4.39 Å². The molecule has 2 aromatic rings. The summed E-state index contributed by atoms with van der Waals surface area (Å²) in [6.07, 6.45) is 1.37. The lowest BCUT2D eigenvalue weighted by molar-refractivity contribution is 0.181. The van der Waals surface area contributed by atoms with E-state index in [0.29, 0.717) is 36.9 Å². The molecular weight excluding hydrogens is 373 g/mol. The Bertz CT molecular complexity index is 801. The molecule has 3 rings (SSSR count). The van der Waals surface area contributed by atoms with E-state index in [4.69, 9.17) is 16.3 Å². The Hall–Kier alpha value is -1.15. The van der Waals surface area contributed by atoms with Crippen molar-refractivity contribution in [2.75, 3.05) is 19.7 Å². The fourth-order valence-electron chi connectivity index (χ4n) is 2.65. The van der Waals surface area contributed by atoms with Crippen molar-refractivity contribution < 1.29 is 17.5 Å². The highest BCUT2D eigenvalue weighted by Gasteiger charge is 2.30. The lowest BCUT2D eigenvalue weighted by Crippen LogP contribution is -2.39. The summed E-state index contributed by atoms with van der Waals surface area (Å²) in [6.45, 7) is 1.26. The van der Waals surface area contributed by atoms with Gasteiger partial charge in [-0.15, -0.1) is 11.3 Å². The fraction of sp³-hybridized carbons (Fsp3) is 0.375. The van der Waals surface area contributed by atoms with Gasteiger partial charge in [0.05, 0.1) is 10.9 Å². The maximum atomic E-state index is 13.5. The molecule has 0 aliphatic carbocycles. The number of benzene rings is 1. The third-order valence-corrected chi connectivity index (χ3v) is 7.62. The molecule has 0 atom stereocenters. The quantitative estimate of drug-likeness (QED) is 0.775. The van der Waals surface area contributed by atoms with E-state index in [0.717, 1.165) is 11.3 Å². The molecule has 1 fully saturated rings. The SMILES string of the molecule is O=S(=O)(c1ccc(Cl)s1)N1CCC(COc2ccccc2F)CC1. The van der Waals surface area contributed by atoms with Crippen molar-refractivity contribution in [2.24, 2.45) is 5.92 Å². The normalized spacial score (nSPS) is 17.1. The molecule has 8 heteroatoms. The maximum absolute atomic E-state index is 13.5. The molecule has 0 saturated carbocycles. The number of ether oxygens (including phenoxy) is 1. The molecule has 4 nitrogen and oxygen atoms in total. The van der Waals surface area contributed by atoms with Gasteiger partial charge in [-0.3, -0.25) is 0 Å². The van der Waals surface area contributed by atoms with E-state index in [1.165, 1.54) is 16.4 Å². The highest BCUT2D eigenvalue weighted by molar-refractivity contribution is 7.91. The number of para-hydroxylation sites is 1. The first-order chi connectivity index (χ1) is 11.5. The number of hydrogen-bond acceptors (Lipinski definition) is 4. The summed E-state index contributed by atoms with van der Waals surface area (Å²) < 4.78 is 46.3. The Balaban J connectivity index is 1.55. The van der Waals surface area contributed by atoms with Crippen LogP contribution in [0.1, 0.15) is 12.8 Å². The first kappa shape index (κ1) is 17.7. The van der Waals surface area contributed by atoms with Gasteiger partial charge in [0.1, 0.15) is 4.21 Å². The maximum Gasteiger partial charge on any atom is 0.252 e. The molecule has 0 N–H and O–H groups in total. The van der Waals surface area contributed by atoms with Gasteiger partial charge < -0.3 is 4.74 Å². The van der Waals surface area contributed by atoms with E-state index in [1.807, 2.05) is 0 Å². The first-order valence-electron chi connectivity index (χ1n) is 7.59. The Morgan fingerprint density at radius 3 is 2.54 bits per heavy atom. The monoisotopic (exact) mass is 389 g/mol. The van der Waals surface area contributed by atoms with E-state index in [9.17, 15) is 12.8 Å². The summed E-state index contributed by atoms with van der Waals surface area (Å²) in [5, 5.41) is 0. The minimum atomic E-state index is -3.47. The van der Waals surface area contributed by atoms with Crippen molar-refractivity contribution in [3.8, 4) is 5.75 Å². The molecule has 24 heavy (non-hydrogen) atoms. The molecule has 1 aliphatic rings. The van der Waals surface area contributed by atoms with E-state index < -0.39 is 10.0 Å². The molecule has 0 spiro atoms. The molecule has 0 unspecified atom stereocenters. The zero-order chi connectivity index (χ0) is 17.2. The number of piperidine rings is 1. The van der Waals surface area contributed by atoms with Crippen molar-refractivity contribution in [1.29, 1.82) is 0 Å². The topological polar surface area (TPSA) is 46.6 Å². The van der Waals surface area contributed by atoms with Gasteiger partial charge in [0, 0.05) is 13.1 Å². The van der Waals surface area contributed by atoms with Crippen LogP contribution >= 0.6 is 22.9 Å². The largest absolute Gasteiger partial charge is 0.490 e. The number of halogens is 2. The Kier molecular flexibility index (Phi) is 5.44. The third-order valence-electron chi connectivity index (χ3n) is 4.03. The van der Waals surface area contributed by atoms with Crippen LogP contribution in [0.5, 0.6) is 5.75 Å². The predicted octanol–water partition coefficient (Wildman–Crippen LogP) is 4.02. The highest BCUT2D eigenvalue weighted by atomic mass is 35.5. The summed E-state index contributed by atoms with van der Waals surface area (Å²) in [4.78, 5) is 0. The summed E-state index contributed by atoms with van der Waals surface area (Å²) >= 11 is 6.90. The molecule has 2 heterocycles. The number of sulfonamides is 1. The molecule has 0 radical (unpaired) electrons. The van der Waals surface area contributed by atoms with Crippen LogP contribution < -0.4 is 4.74 Å². The number of thiophene rings is 1. The number of nitrogens with zero attached hydrogens (tertiary/aromatic N) is 1. The van der Waals surface area contributed by atoms with Gasteiger partial charge in [0.15, 0.2) is 11.6 Å². The van der Waals surface area contributed by atoms with E-state index in [-0.39, 0.29) is 21.7 Å². The van der Waals surface area contributed by atoms with E-state index in [2.05, 4.69) is 0 Å². The average Bonchev–Trinajstić information content (AvgIpc) is 3.02. The van der Waals surface area contributed by atoms with E-state index in [1.54, 1.807) is 24.3 Å². The molecule has 1 aliphatic heterocycles. The van der Waals surface area contributed by atoms with Crippen molar-refractivity contribution in [2.45, 2.75) is 17.1 Å². The first-order valence-corrected chi connectivity index (χ1v) is 10.2. The van der Waals surface area contributed by atoms with Gasteiger partial charge >= 0.3 is 0 Å². The van der Waals surface area contributed by atoms with Gasteiger partial charge in [-0.05, 0) is 43.0 Å². The molecular formula is C16H17ClFNO3S2. The van der Waals surface area contributed by atoms with Crippen molar-refractivity contribution in [3.63, 3.8) is 0 Å². The lowest BCUT2D eigenvalue weighted by Gasteiger charge is -2.30. The van der Waals surface area contributed by atoms with Crippen LogP contribution in [0.2, 0.25) is 4.34 Å². The molecule has 1 aromatic carbocycles. The van der Waals surface area contributed by atoms with Gasteiger partial charge in [0.2, 0.25) is 0 Å². The number of hydrogen-bond donors (Lipinski definition) is 0. The fourth-order valence-corrected chi connectivity index (χ4v) is 5.76. The zero-order valence-electron chi connectivity index (χ0n) is 12.8. The average molecular weight is 390 g/mol. The second-order valence-corrected chi connectivity index (χ2v) is 9.53. The summed E-state index contributed by atoms with van der Waals surface area (Å²) in [5.74, 6) is 0.0656. The minimum Gasteiger partial charge on any atom is -0.490 e. The molecule has 1 saturated heterocycles. The van der Waals surface area contributed by atoms with Gasteiger partial charge in [0.25, 0.3) is 10.0 Å². The second-order valence-electron chi connectivity index (χ2n) is 5.65. The van der Waals surface area contributed by atoms with Crippen molar-refractivity contribution in [1.82, 2.24) is 4.31 Å². The van der Waals surface area contributed by atoms with Crippen LogP contribution in [-0.2, 0) is 10.0 Å². The second kappa shape index (κ2) is 7.39. The summed E-state index contributed by atoms with van der Waals surface area (Å²) in [7, 11) is -3.47. The van der Waals surface area contributed by atoms with Crippen molar-refractivity contribution >= 4 is 33.0 Å². The Morgan fingerprint density at radius 2 is 1.92 bits per heavy atom. The smallest absolute Gasteiger partial charge is 0.252 e. The van der Waals surface area contributed by atoms with Gasteiger partial charge in [-0.25, -0.2) is 12.8 Å². The van der Waals surface area contributed by atoms with Crippen LogP contribution in [0.15, 0.2) is 40.6 Å². The lowest BCUT2D eigenvalue weighted by atomic mass is 9.99. The van der Waals surface area contributed by atoms with Gasteiger partial charge in [-0.1, -0.05) is 23.7 Å². The van der Waals surface area contributed by atoms with Crippen LogP contribution in [0.3, 0.4) is 0 Å². The highest BCUT2D eigenvalue weighted by Crippen LogP contribution is 2.30. The third kappa shape index (κ3) is 3.91. The van der Waals surface area contributed by atoms with Crippen LogP contribution in [-0.4, -0.2) is 32.4 Å². The molecule has 130 valence electrons. The Morgan fingerprint density at radius 1 is 1.21 bits per heavy atom. The standard InChI is InChI=1S/C16H17ClFNO3S2/c17-15-5-6-16(23-15)24(20,21)19-9-7-12(8-10-19)11-22-14-4-2-1-3-13(14)18/h1-6,12H,7-11H2. The Labute approximate surface area is 149 Å². The summed E-state index contributed by atoms with van der Waals surface area (Å²) in [6, 6.07) is 9.41. The predicted molar refractivity (Wildman–Crippen MR) is 92.7 cm³/mol.